The standard InChI is InChI=1S/C9H12N2/c1-11-8-2-3-9(11)5-7(4-8)6-10/h4,8-9H,2-3,5H2,1H3. The van der Waals surface area contributed by atoms with E-state index in [1.54, 1.807) is 0 Å². The lowest BCUT2D eigenvalue weighted by Gasteiger charge is -2.27. The average Bonchev–Trinajstić information content (AvgIpc) is 2.26. The highest BCUT2D eigenvalue weighted by molar-refractivity contribution is 5.28. The Kier molecular flexibility index (Phi) is 1.47. The van der Waals surface area contributed by atoms with Crippen molar-refractivity contribution in [2.75, 3.05) is 7.05 Å². The molecule has 0 aromatic rings. The first kappa shape index (κ1) is 6.87. The summed E-state index contributed by atoms with van der Waals surface area (Å²) in [4.78, 5) is 2.39. The molecule has 0 aliphatic carbocycles. The van der Waals surface area contributed by atoms with Gasteiger partial charge in [0.1, 0.15) is 0 Å². The molecule has 0 radical (unpaired) electrons. The lowest BCUT2D eigenvalue weighted by atomic mass is 10.0. The van der Waals surface area contributed by atoms with Crippen LogP contribution in [-0.4, -0.2) is 24.0 Å². The molecule has 2 atom stereocenters. The Morgan fingerprint density at radius 1 is 1.64 bits per heavy atom. The smallest absolute Gasteiger partial charge is 0.0944 e. The van der Waals surface area contributed by atoms with Crippen molar-refractivity contribution in [2.45, 2.75) is 31.3 Å². The van der Waals surface area contributed by atoms with E-state index in [1.807, 2.05) is 0 Å². The number of fused-ring (bicyclic) bond motifs is 2. The molecule has 2 heterocycles. The second kappa shape index (κ2) is 2.35. The van der Waals surface area contributed by atoms with Crippen molar-refractivity contribution in [3.63, 3.8) is 0 Å². The van der Waals surface area contributed by atoms with E-state index in [0.29, 0.717) is 12.1 Å². The molecule has 0 N–H and O–H groups in total. The molecule has 2 aliphatic heterocycles. The lowest BCUT2D eigenvalue weighted by molar-refractivity contribution is 0.257. The Labute approximate surface area is 67.1 Å². The highest BCUT2D eigenvalue weighted by Crippen LogP contribution is 2.32. The van der Waals surface area contributed by atoms with Gasteiger partial charge in [0.15, 0.2) is 0 Å². The van der Waals surface area contributed by atoms with Crippen LogP contribution < -0.4 is 0 Å². The van der Waals surface area contributed by atoms with Crippen LogP contribution in [0, 0.1) is 11.3 Å². The third kappa shape index (κ3) is 0.965. The molecule has 0 amide bonds. The second-order valence-electron chi connectivity index (χ2n) is 3.47. The zero-order valence-electron chi connectivity index (χ0n) is 6.75. The van der Waals surface area contributed by atoms with Crippen molar-refractivity contribution in [1.29, 1.82) is 5.26 Å². The van der Waals surface area contributed by atoms with Crippen LogP contribution in [0.25, 0.3) is 0 Å². The molecule has 58 valence electrons. The van der Waals surface area contributed by atoms with Crippen molar-refractivity contribution in [1.82, 2.24) is 4.90 Å². The Morgan fingerprint density at radius 3 is 3.09 bits per heavy atom. The van der Waals surface area contributed by atoms with Crippen LogP contribution in [0.5, 0.6) is 0 Å². The summed E-state index contributed by atoms with van der Waals surface area (Å²) >= 11 is 0. The number of nitriles is 1. The zero-order chi connectivity index (χ0) is 7.84. The number of likely N-dealkylation sites (N-methyl/N-ethyl adjacent to an activating group) is 1. The molecule has 0 spiro atoms. The highest BCUT2D eigenvalue weighted by Gasteiger charge is 2.33. The maximum Gasteiger partial charge on any atom is 0.0944 e. The Bertz CT molecular complexity index is 236. The minimum atomic E-state index is 0.559. The topological polar surface area (TPSA) is 27.0 Å². The van der Waals surface area contributed by atoms with Gasteiger partial charge in [-0.05, 0) is 26.3 Å². The van der Waals surface area contributed by atoms with Gasteiger partial charge in [0.05, 0.1) is 6.07 Å². The fourth-order valence-corrected chi connectivity index (χ4v) is 2.13. The van der Waals surface area contributed by atoms with E-state index in [4.69, 9.17) is 5.26 Å². The third-order valence-electron chi connectivity index (χ3n) is 2.89. The van der Waals surface area contributed by atoms with E-state index >= 15 is 0 Å². The molecule has 2 aliphatic rings. The minimum Gasteiger partial charge on any atom is -0.297 e. The average molecular weight is 148 g/mol. The summed E-state index contributed by atoms with van der Waals surface area (Å²) < 4.78 is 0. The normalized spacial score (nSPS) is 36.5. The number of nitrogens with zero attached hydrogens (tertiary/aromatic N) is 2. The molecule has 0 saturated carbocycles. The highest BCUT2D eigenvalue weighted by atomic mass is 15.2. The summed E-state index contributed by atoms with van der Waals surface area (Å²) in [5, 5.41) is 8.70. The monoisotopic (exact) mass is 148 g/mol. The summed E-state index contributed by atoms with van der Waals surface area (Å²) in [7, 11) is 2.16. The van der Waals surface area contributed by atoms with Gasteiger partial charge in [-0.1, -0.05) is 6.08 Å². The zero-order valence-corrected chi connectivity index (χ0v) is 6.75. The van der Waals surface area contributed by atoms with Gasteiger partial charge in [0.25, 0.3) is 0 Å². The molecule has 0 aromatic carbocycles. The van der Waals surface area contributed by atoms with Crippen molar-refractivity contribution >= 4 is 0 Å². The fourth-order valence-electron chi connectivity index (χ4n) is 2.13. The molecule has 0 aromatic heterocycles. The predicted octanol–water partition coefficient (Wildman–Crippen LogP) is 1.30. The van der Waals surface area contributed by atoms with Crippen molar-refractivity contribution in [2.24, 2.45) is 0 Å². The molecule has 2 rings (SSSR count). The van der Waals surface area contributed by atoms with Crippen molar-refractivity contribution < 1.29 is 0 Å². The van der Waals surface area contributed by atoms with Crippen molar-refractivity contribution in [3.8, 4) is 6.07 Å². The van der Waals surface area contributed by atoms with E-state index in [9.17, 15) is 0 Å². The Balaban J connectivity index is 2.25. The van der Waals surface area contributed by atoms with Gasteiger partial charge in [-0.2, -0.15) is 5.26 Å². The second-order valence-corrected chi connectivity index (χ2v) is 3.47. The van der Waals surface area contributed by atoms with Crippen LogP contribution in [0.4, 0.5) is 0 Å². The first-order valence-corrected chi connectivity index (χ1v) is 4.14. The van der Waals surface area contributed by atoms with Crippen LogP contribution in [-0.2, 0) is 0 Å². The summed E-state index contributed by atoms with van der Waals surface area (Å²) in [6.45, 7) is 0. The molecule has 2 nitrogen and oxygen atoms in total. The van der Waals surface area contributed by atoms with Crippen LogP contribution >= 0.6 is 0 Å². The largest absolute Gasteiger partial charge is 0.297 e. The fraction of sp³-hybridized carbons (Fsp3) is 0.667. The first-order valence-electron chi connectivity index (χ1n) is 4.14. The van der Waals surface area contributed by atoms with Crippen LogP contribution in [0.1, 0.15) is 19.3 Å². The first-order chi connectivity index (χ1) is 5.31. The van der Waals surface area contributed by atoms with Gasteiger partial charge in [0, 0.05) is 17.7 Å². The van der Waals surface area contributed by atoms with Crippen LogP contribution in [0.2, 0.25) is 0 Å². The molecule has 2 heteroatoms. The molecule has 11 heavy (non-hydrogen) atoms. The van der Waals surface area contributed by atoms with Gasteiger partial charge >= 0.3 is 0 Å². The SMILES string of the molecule is CN1C2C=C(C#N)CC1CC2. The van der Waals surface area contributed by atoms with E-state index < -0.39 is 0 Å². The molecule has 1 saturated heterocycles. The van der Waals surface area contributed by atoms with Crippen LogP contribution in [0.3, 0.4) is 0 Å². The van der Waals surface area contributed by atoms with Crippen LogP contribution in [0.15, 0.2) is 11.6 Å². The third-order valence-corrected chi connectivity index (χ3v) is 2.89. The molecule has 2 unspecified atom stereocenters. The Hall–Kier alpha value is -0.810. The molecule has 1 fully saturated rings. The number of rotatable bonds is 0. The summed E-state index contributed by atoms with van der Waals surface area (Å²) in [6, 6.07) is 3.47. The quantitative estimate of drug-likeness (QED) is 0.517. The summed E-state index contributed by atoms with van der Waals surface area (Å²) in [5.74, 6) is 0. The number of hydrogen-bond acceptors (Lipinski definition) is 2. The van der Waals surface area contributed by atoms with Gasteiger partial charge in [-0.25, -0.2) is 0 Å². The Morgan fingerprint density at radius 2 is 2.45 bits per heavy atom. The van der Waals surface area contributed by atoms with Gasteiger partial charge in [-0.3, -0.25) is 4.90 Å². The van der Waals surface area contributed by atoms with Gasteiger partial charge in [0.2, 0.25) is 0 Å². The van der Waals surface area contributed by atoms with Crippen molar-refractivity contribution in [3.05, 3.63) is 11.6 Å². The maximum absolute atomic E-state index is 8.70. The maximum atomic E-state index is 8.70. The number of hydrogen-bond donors (Lipinski definition) is 0. The van der Waals surface area contributed by atoms with Gasteiger partial charge < -0.3 is 0 Å². The lowest BCUT2D eigenvalue weighted by Crippen LogP contribution is -2.34. The molecular formula is C9H12N2. The van der Waals surface area contributed by atoms with E-state index in [1.165, 1.54) is 12.8 Å². The minimum absolute atomic E-state index is 0.559. The van der Waals surface area contributed by atoms with E-state index in [2.05, 4.69) is 24.1 Å². The summed E-state index contributed by atoms with van der Waals surface area (Å²) in [5.41, 5.74) is 0.996. The molecule has 2 bridgehead atoms. The van der Waals surface area contributed by atoms with E-state index in [-0.39, 0.29) is 0 Å². The molecular weight excluding hydrogens is 136 g/mol. The van der Waals surface area contributed by atoms with Gasteiger partial charge in [-0.15, -0.1) is 0 Å². The predicted molar refractivity (Wildman–Crippen MR) is 42.9 cm³/mol. The van der Waals surface area contributed by atoms with E-state index in [0.717, 1.165) is 12.0 Å². The summed E-state index contributed by atoms with van der Waals surface area (Å²) in [6.07, 6.45) is 5.61.